The Labute approximate surface area is 111 Å². The van der Waals surface area contributed by atoms with E-state index in [0.717, 1.165) is 12.0 Å². The van der Waals surface area contributed by atoms with Gasteiger partial charge in [0, 0.05) is 0 Å². The van der Waals surface area contributed by atoms with Crippen molar-refractivity contribution < 1.29 is 24.5 Å². The maximum Gasteiger partial charge on any atom is 0.328 e. The average molecular weight is 267 g/mol. The lowest BCUT2D eigenvalue weighted by Gasteiger charge is -2.12. The minimum atomic E-state index is -1.31. The maximum atomic E-state index is 11.4. The van der Waals surface area contributed by atoms with Crippen LogP contribution in [0.5, 0.6) is 5.75 Å². The van der Waals surface area contributed by atoms with Crippen LogP contribution in [0.15, 0.2) is 24.3 Å². The van der Waals surface area contributed by atoms with Gasteiger partial charge in [-0.15, -0.1) is 0 Å². The number of hydrogen-bond acceptors (Lipinski definition) is 4. The van der Waals surface area contributed by atoms with Crippen LogP contribution in [0.1, 0.15) is 12.5 Å². The zero-order valence-corrected chi connectivity index (χ0v) is 10.6. The minimum Gasteiger partial charge on any atom is -0.484 e. The summed E-state index contributed by atoms with van der Waals surface area (Å²) in [7, 11) is 0. The Hall–Kier alpha value is -2.08. The van der Waals surface area contributed by atoms with Crippen molar-refractivity contribution in [3.05, 3.63) is 29.8 Å². The third kappa shape index (κ3) is 4.97. The molecule has 6 nitrogen and oxygen atoms in total. The molecule has 0 aliphatic rings. The summed E-state index contributed by atoms with van der Waals surface area (Å²) in [6.07, 6.45) is 0.856. The Morgan fingerprint density at radius 1 is 1.42 bits per heavy atom. The molecule has 0 unspecified atom stereocenters. The molecule has 0 heterocycles. The Kier molecular flexibility index (Phi) is 5.81. The van der Waals surface area contributed by atoms with E-state index in [9.17, 15) is 9.59 Å². The number of carboxylic acid groups (broad SMARTS) is 1. The molecule has 1 atom stereocenters. The summed E-state index contributed by atoms with van der Waals surface area (Å²) in [6.45, 7) is 1.05. The second-order valence-corrected chi connectivity index (χ2v) is 3.93. The number of carbonyl (C=O) groups excluding carboxylic acids is 1. The Balaban J connectivity index is 2.47. The molecular weight excluding hydrogens is 250 g/mol. The number of hydrogen-bond donors (Lipinski definition) is 3. The molecule has 0 radical (unpaired) electrons. The second-order valence-electron chi connectivity index (χ2n) is 3.93. The molecule has 0 spiro atoms. The highest BCUT2D eigenvalue weighted by atomic mass is 16.5. The predicted octanol–water partition coefficient (Wildman–Crippen LogP) is 0.189. The molecule has 0 aliphatic heterocycles. The van der Waals surface area contributed by atoms with Gasteiger partial charge in [0.1, 0.15) is 11.8 Å². The smallest absolute Gasteiger partial charge is 0.328 e. The third-order valence-electron chi connectivity index (χ3n) is 2.49. The molecule has 1 amide bonds. The lowest BCUT2D eigenvalue weighted by Crippen LogP contribution is -2.45. The molecule has 0 aliphatic carbocycles. The van der Waals surface area contributed by atoms with Gasteiger partial charge >= 0.3 is 5.97 Å². The molecule has 0 saturated carbocycles. The minimum absolute atomic E-state index is 0.295. The molecule has 0 bridgehead atoms. The first-order valence-corrected chi connectivity index (χ1v) is 5.91. The monoisotopic (exact) mass is 267 g/mol. The number of amides is 1. The molecule has 1 rings (SSSR count). The van der Waals surface area contributed by atoms with Crippen LogP contribution < -0.4 is 10.1 Å². The fraction of sp³-hybridized carbons (Fsp3) is 0.385. The van der Waals surface area contributed by atoms with Crippen molar-refractivity contribution in [1.29, 1.82) is 0 Å². The quantitative estimate of drug-likeness (QED) is 0.655. The van der Waals surface area contributed by atoms with Crippen LogP contribution in [0.25, 0.3) is 0 Å². The lowest BCUT2D eigenvalue weighted by atomic mass is 10.2. The van der Waals surface area contributed by atoms with Gasteiger partial charge in [-0.1, -0.05) is 19.1 Å². The first-order chi connectivity index (χ1) is 9.06. The van der Waals surface area contributed by atoms with Gasteiger partial charge in [-0.05, 0) is 24.1 Å². The van der Waals surface area contributed by atoms with Crippen molar-refractivity contribution >= 4 is 11.9 Å². The van der Waals surface area contributed by atoms with Gasteiger partial charge in [-0.25, -0.2) is 4.79 Å². The first-order valence-electron chi connectivity index (χ1n) is 5.91. The largest absolute Gasteiger partial charge is 0.484 e. The van der Waals surface area contributed by atoms with Gasteiger partial charge in [-0.3, -0.25) is 4.79 Å². The second kappa shape index (κ2) is 7.38. The number of carbonyl (C=O) groups is 2. The van der Waals surface area contributed by atoms with E-state index in [-0.39, 0.29) is 6.61 Å². The standard InChI is InChI=1S/C13H17NO5/c1-2-9-4-3-5-10(6-9)19-8-12(16)14-11(7-15)13(17)18/h3-6,11,15H,2,7-8H2,1H3,(H,14,16)(H,17,18)/t11-/m1/s1. The molecule has 1 aromatic rings. The van der Waals surface area contributed by atoms with Crippen molar-refractivity contribution in [3.63, 3.8) is 0 Å². The van der Waals surface area contributed by atoms with E-state index >= 15 is 0 Å². The highest BCUT2D eigenvalue weighted by Crippen LogP contribution is 2.13. The first kappa shape index (κ1) is 15.0. The highest BCUT2D eigenvalue weighted by molar-refractivity contribution is 5.84. The van der Waals surface area contributed by atoms with Crippen molar-refractivity contribution in [2.45, 2.75) is 19.4 Å². The van der Waals surface area contributed by atoms with Gasteiger partial charge in [-0.2, -0.15) is 0 Å². The summed E-state index contributed by atoms with van der Waals surface area (Å²) in [5, 5.41) is 19.6. The van der Waals surface area contributed by atoms with Crippen LogP contribution in [-0.2, 0) is 16.0 Å². The zero-order chi connectivity index (χ0) is 14.3. The number of aliphatic hydroxyl groups excluding tert-OH is 1. The Bertz CT molecular complexity index is 446. The number of nitrogens with one attached hydrogen (secondary N) is 1. The molecule has 6 heteroatoms. The molecule has 19 heavy (non-hydrogen) atoms. The average Bonchev–Trinajstić information content (AvgIpc) is 2.42. The summed E-state index contributed by atoms with van der Waals surface area (Å²) in [6, 6.07) is 5.98. The van der Waals surface area contributed by atoms with E-state index in [2.05, 4.69) is 5.32 Å². The number of benzene rings is 1. The topological polar surface area (TPSA) is 95.9 Å². The van der Waals surface area contributed by atoms with Crippen molar-refractivity contribution in [1.82, 2.24) is 5.32 Å². The van der Waals surface area contributed by atoms with E-state index < -0.39 is 24.5 Å². The highest BCUT2D eigenvalue weighted by Gasteiger charge is 2.18. The number of ether oxygens (including phenoxy) is 1. The summed E-state index contributed by atoms with van der Waals surface area (Å²) in [5.74, 6) is -1.34. The number of aliphatic carboxylic acids is 1. The summed E-state index contributed by atoms with van der Waals surface area (Å²) < 4.78 is 5.25. The molecule has 0 aromatic heterocycles. The number of carboxylic acids is 1. The number of rotatable bonds is 7. The Morgan fingerprint density at radius 2 is 2.16 bits per heavy atom. The van der Waals surface area contributed by atoms with E-state index in [0.29, 0.717) is 5.75 Å². The zero-order valence-electron chi connectivity index (χ0n) is 10.6. The van der Waals surface area contributed by atoms with Gasteiger partial charge < -0.3 is 20.3 Å². The SMILES string of the molecule is CCc1cccc(OCC(=O)N[C@H](CO)C(=O)O)c1. The molecular formula is C13H17NO5. The Morgan fingerprint density at radius 3 is 2.74 bits per heavy atom. The lowest BCUT2D eigenvalue weighted by molar-refractivity contribution is -0.143. The number of aliphatic hydroxyl groups is 1. The van der Waals surface area contributed by atoms with Crippen LogP contribution >= 0.6 is 0 Å². The molecule has 104 valence electrons. The normalized spacial score (nSPS) is 11.7. The molecule has 3 N–H and O–H groups in total. The maximum absolute atomic E-state index is 11.4. The molecule has 1 aromatic carbocycles. The number of aryl methyl sites for hydroxylation is 1. The van der Waals surface area contributed by atoms with E-state index in [1.165, 1.54) is 0 Å². The van der Waals surface area contributed by atoms with Gasteiger partial charge in [0.05, 0.1) is 6.61 Å². The van der Waals surface area contributed by atoms with Crippen LogP contribution in [0, 0.1) is 0 Å². The van der Waals surface area contributed by atoms with E-state index in [4.69, 9.17) is 14.9 Å². The fourth-order valence-electron chi connectivity index (χ4n) is 1.43. The summed E-state index contributed by atoms with van der Waals surface area (Å²) >= 11 is 0. The van der Waals surface area contributed by atoms with Crippen molar-refractivity contribution in [2.24, 2.45) is 0 Å². The van der Waals surface area contributed by atoms with Crippen LogP contribution in [0.3, 0.4) is 0 Å². The van der Waals surface area contributed by atoms with E-state index in [1.807, 2.05) is 25.1 Å². The molecule has 0 fully saturated rings. The van der Waals surface area contributed by atoms with Crippen LogP contribution in [0.2, 0.25) is 0 Å². The van der Waals surface area contributed by atoms with Crippen LogP contribution in [-0.4, -0.2) is 41.3 Å². The van der Waals surface area contributed by atoms with Gasteiger partial charge in [0.15, 0.2) is 6.61 Å². The van der Waals surface area contributed by atoms with Crippen molar-refractivity contribution in [3.8, 4) is 5.75 Å². The summed E-state index contributed by atoms with van der Waals surface area (Å²) in [4.78, 5) is 22.0. The van der Waals surface area contributed by atoms with Gasteiger partial charge in [0.25, 0.3) is 5.91 Å². The third-order valence-corrected chi connectivity index (χ3v) is 2.49. The van der Waals surface area contributed by atoms with Gasteiger partial charge in [0.2, 0.25) is 0 Å². The fourth-order valence-corrected chi connectivity index (χ4v) is 1.43. The summed E-state index contributed by atoms with van der Waals surface area (Å²) in [5.41, 5.74) is 1.08. The predicted molar refractivity (Wildman–Crippen MR) is 68.0 cm³/mol. The van der Waals surface area contributed by atoms with E-state index in [1.54, 1.807) is 6.07 Å². The van der Waals surface area contributed by atoms with Crippen molar-refractivity contribution in [2.75, 3.05) is 13.2 Å². The van der Waals surface area contributed by atoms with Crippen LogP contribution in [0.4, 0.5) is 0 Å². The molecule has 0 saturated heterocycles.